The van der Waals surface area contributed by atoms with E-state index in [2.05, 4.69) is 36.0 Å². The maximum absolute atomic E-state index is 11.7. The monoisotopic (exact) mass is 280 g/mol. The van der Waals surface area contributed by atoms with Gasteiger partial charge in [-0.25, -0.2) is 9.67 Å². The number of H-pyrrole nitrogens is 1. The summed E-state index contributed by atoms with van der Waals surface area (Å²) < 4.78 is 1.79. The molecule has 0 aromatic carbocycles. The summed E-state index contributed by atoms with van der Waals surface area (Å²) in [7, 11) is 0. The van der Waals surface area contributed by atoms with Crippen molar-refractivity contribution < 1.29 is 4.79 Å². The van der Waals surface area contributed by atoms with Crippen LogP contribution in [0.2, 0.25) is 0 Å². The van der Waals surface area contributed by atoms with Gasteiger partial charge in [-0.2, -0.15) is 5.10 Å². The molecule has 1 aliphatic carbocycles. The van der Waals surface area contributed by atoms with Crippen molar-refractivity contribution in [1.82, 2.24) is 40.7 Å². The number of aromatic nitrogens is 7. The SMILES string of the molecule is O=C(CSc1nnnn1C1CC1)NCc1ncn[nH]1. The van der Waals surface area contributed by atoms with Crippen LogP contribution in [0.3, 0.4) is 0 Å². The zero-order valence-corrected chi connectivity index (χ0v) is 10.8. The number of tetrazole rings is 1. The van der Waals surface area contributed by atoms with Crippen molar-refractivity contribution in [1.29, 1.82) is 0 Å². The Balaban J connectivity index is 1.46. The Morgan fingerprint density at radius 3 is 3.21 bits per heavy atom. The Morgan fingerprint density at radius 2 is 2.47 bits per heavy atom. The highest BCUT2D eigenvalue weighted by molar-refractivity contribution is 7.99. The molecule has 0 unspecified atom stereocenters. The minimum absolute atomic E-state index is 0.0910. The quantitative estimate of drug-likeness (QED) is 0.688. The number of aromatic amines is 1. The molecule has 1 saturated carbocycles. The summed E-state index contributed by atoms with van der Waals surface area (Å²) in [6.45, 7) is 0.340. The van der Waals surface area contributed by atoms with Crippen LogP contribution in [0.15, 0.2) is 11.5 Å². The van der Waals surface area contributed by atoms with Crippen molar-refractivity contribution in [3.05, 3.63) is 12.2 Å². The van der Waals surface area contributed by atoms with Crippen molar-refractivity contribution >= 4 is 17.7 Å². The van der Waals surface area contributed by atoms with Crippen LogP contribution in [0.5, 0.6) is 0 Å². The number of nitrogens with one attached hydrogen (secondary N) is 2. The van der Waals surface area contributed by atoms with Gasteiger partial charge in [0.05, 0.1) is 18.3 Å². The molecular weight excluding hydrogens is 268 g/mol. The normalized spacial score (nSPS) is 14.5. The van der Waals surface area contributed by atoms with E-state index in [0.29, 0.717) is 23.6 Å². The molecule has 2 N–H and O–H groups in total. The van der Waals surface area contributed by atoms with Crippen molar-refractivity contribution in [3.63, 3.8) is 0 Å². The number of carbonyl (C=O) groups is 1. The molecule has 0 bridgehead atoms. The summed E-state index contributed by atoms with van der Waals surface area (Å²) in [5, 5.41) is 21.3. The van der Waals surface area contributed by atoms with E-state index in [4.69, 9.17) is 0 Å². The van der Waals surface area contributed by atoms with Gasteiger partial charge in [-0.05, 0) is 23.3 Å². The van der Waals surface area contributed by atoms with Gasteiger partial charge in [0.2, 0.25) is 11.1 Å². The van der Waals surface area contributed by atoms with Gasteiger partial charge in [0, 0.05) is 0 Å². The molecule has 100 valence electrons. The van der Waals surface area contributed by atoms with Gasteiger partial charge in [0.1, 0.15) is 12.2 Å². The third-order valence-electron chi connectivity index (χ3n) is 2.61. The van der Waals surface area contributed by atoms with Crippen molar-refractivity contribution in [3.8, 4) is 0 Å². The Hall–Kier alpha value is -1.97. The highest BCUT2D eigenvalue weighted by Crippen LogP contribution is 2.36. The van der Waals surface area contributed by atoms with Gasteiger partial charge in [0.25, 0.3) is 0 Å². The highest BCUT2D eigenvalue weighted by atomic mass is 32.2. The van der Waals surface area contributed by atoms with Gasteiger partial charge in [-0.1, -0.05) is 11.8 Å². The second kappa shape index (κ2) is 5.34. The minimum Gasteiger partial charge on any atom is -0.348 e. The van der Waals surface area contributed by atoms with Crippen LogP contribution in [0.1, 0.15) is 24.7 Å². The Labute approximate surface area is 112 Å². The average Bonchev–Trinajstić information content (AvgIpc) is 2.94. The maximum atomic E-state index is 11.7. The van der Waals surface area contributed by atoms with Crippen LogP contribution >= 0.6 is 11.8 Å². The first kappa shape index (κ1) is 12.1. The predicted octanol–water partition coefficient (Wildman–Crippen LogP) is -0.465. The molecule has 10 heteroatoms. The number of amides is 1. The first-order valence-corrected chi connectivity index (χ1v) is 6.83. The van der Waals surface area contributed by atoms with Gasteiger partial charge in [-0.15, -0.1) is 5.10 Å². The van der Waals surface area contributed by atoms with Crippen LogP contribution in [0, 0.1) is 0 Å². The van der Waals surface area contributed by atoms with Gasteiger partial charge < -0.3 is 5.32 Å². The number of rotatable bonds is 6. The van der Waals surface area contributed by atoms with Crippen LogP contribution < -0.4 is 5.32 Å². The number of nitrogens with zero attached hydrogens (tertiary/aromatic N) is 6. The van der Waals surface area contributed by atoms with E-state index in [1.807, 2.05) is 0 Å². The zero-order valence-electron chi connectivity index (χ0n) is 9.98. The Bertz CT molecular complexity index is 548. The van der Waals surface area contributed by atoms with Gasteiger partial charge >= 0.3 is 0 Å². The number of carbonyl (C=O) groups excluding carboxylic acids is 1. The fraction of sp³-hybridized carbons (Fsp3) is 0.556. The summed E-state index contributed by atoms with van der Waals surface area (Å²) in [5.41, 5.74) is 0. The van der Waals surface area contributed by atoms with E-state index in [9.17, 15) is 4.79 Å². The van der Waals surface area contributed by atoms with Crippen molar-refractivity contribution in [2.75, 3.05) is 5.75 Å². The lowest BCUT2D eigenvalue weighted by Crippen LogP contribution is -2.25. The molecule has 0 atom stereocenters. The molecule has 19 heavy (non-hydrogen) atoms. The lowest BCUT2D eigenvalue weighted by Gasteiger charge is -2.03. The fourth-order valence-corrected chi connectivity index (χ4v) is 2.28. The van der Waals surface area contributed by atoms with Crippen LogP contribution in [-0.2, 0) is 11.3 Å². The second-order valence-electron chi connectivity index (χ2n) is 4.13. The molecule has 0 spiro atoms. The molecule has 2 aromatic rings. The van der Waals surface area contributed by atoms with Gasteiger partial charge in [-0.3, -0.25) is 9.89 Å². The summed E-state index contributed by atoms with van der Waals surface area (Å²) >= 11 is 1.34. The van der Waals surface area contributed by atoms with E-state index in [1.54, 1.807) is 4.68 Å². The molecular formula is C9H12N8OS. The third-order valence-corrected chi connectivity index (χ3v) is 3.54. The largest absolute Gasteiger partial charge is 0.348 e. The molecule has 1 aliphatic rings. The van der Waals surface area contributed by atoms with Crippen LogP contribution in [0.25, 0.3) is 0 Å². The first-order valence-electron chi connectivity index (χ1n) is 5.84. The lowest BCUT2D eigenvalue weighted by molar-refractivity contribution is -0.118. The summed E-state index contributed by atoms with van der Waals surface area (Å²) in [5.74, 6) is 0.814. The van der Waals surface area contributed by atoms with E-state index in [-0.39, 0.29) is 11.7 Å². The van der Waals surface area contributed by atoms with Gasteiger partial charge in [0.15, 0.2) is 0 Å². The average molecular weight is 280 g/mol. The molecule has 0 saturated heterocycles. The molecule has 9 nitrogen and oxygen atoms in total. The molecule has 1 amide bonds. The number of hydrogen-bond donors (Lipinski definition) is 2. The van der Waals surface area contributed by atoms with E-state index >= 15 is 0 Å². The molecule has 0 radical (unpaired) electrons. The van der Waals surface area contributed by atoms with E-state index in [0.717, 1.165) is 12.8 Å². The molecule has 1 fully saturated rings. The lowest BCUT2D eigenvalue weighted by atomic mass is 10.5. The standard InChI is InChI=1S/C9H12N8OS/c18-8(10-3-7-11-5-12-13-7)4-19-9-14-15-16-17(9)6-1-2-6/h5-6H,1-4H2,(H,10,18)(H,11,12,13). The topological polar surface area (TPSA) is 114 Å². The molecule has 3 rings (SSSR count). The minimum atomic E-state index is -0.0910. The molecule has 0 aliphatic heterocycles. The fourth-order valence-electron chi connectivity index (χ4n) is 1.51. The summed E-state index contributed by atoms with van der Waals surface area (Å²) in [6, 6.07) is 0.412. The smallest absolute Gasteiger partial charge is 0.230 e. The summed E-state index contributed by atoms with van der Waals surface area (Å²) in [6.07, 6.45) is 3.62. The van der Waals surface area contributed by atoms with E-state index < -0.39 is 0 Å². The number of thioether (sulfide) groups is 1. The summed E-state index contributed by atoms with van der Waals surface area (Å²) in [4.78, 5) is 15.6. The van der Waals surface area contributed by atoms with Crippen molar-refractivity contribution in [2.45, 2.75) is 30.6 Å². The molecule has 2 aromatic heterocycles. The van der Waals surface area contributed by atoms with Crippen LogP contribution in [-0.4, -0.2) is 47.0 Å². The predicted molar refractivity (Wildman–Crippen MR) is 65.0 cm³/mol. The van der Waals surface area contributed by atoms with Crippen LogP contribution in [0.4, 0.5) is 0 Å². The Morgan fingerprint density at radius 1 is 1.58 bits per heavy atom. The number of hydrogen-bond acceptors (Lipinski definition) is 7. The molecule has 2 heterocycles. The van der Waals surface area contributed by atoms with E-state index in [1.165, 1.54) is 18.1 Å². The maximum Gasteiger partial charge on any atom is 0.230 e. The van der Waals surface area contributed by atoms with Crippen molar-refractivity contribution in [2.24, 2.45) is 0 Å². The Kier molecular flexibility index (Phi) is 3.40. The third kappa shape index (κ3) is 3.08. The second-order valence-corrected chi connectivity index (χ2v) is 5.08. The first-order chi connectivity index (χ1) is 9.33. The zero-order chi connectivity index (χ0) is 13.1. The highest BCUT2D eigenvalue weighted by Gasteiger charge is 2.28.